The highest BCUT2D eigenvalue weighted by molar-refractivity contribution is 7.48. The van der Waals surface area contributed by atoms with Gasteiger partial charge in [0.1, 0.15) is 0 Å². The van der Waals surface area contributed by atoms with Crippen molar-refractivity contribution in [3.63, 3.8) is 0 Å². The Balaban J connectivity index is 1.16. The van der Waals surface area contributed by atoms with Crippen LogP contribution in [-0.4, -0.2) is 55.7 Å². The van der Waals surface area contributed by atoms with Gasteiger partial charge in [0.05, 0.1) is 31.3 Å². The van der Waals surface area contributed by atoms with Crippen LogP contribution in [0.4, 0.5) is 17.5 Å². The molecule has 5 rings (SSSR count). The second kappa shape index (κ2) is 13.2. The Labute approximate surface area is 244 Å². The summed E-state index contributed by atoms with van der Waals surface area (Å²) in [5.41, 5.74) is 7.85. The molecule has 2 aliphatic rings. The molecule has 2 aliphatic carbocycles. The summed E-state index contributed by atoms with van der Waals surface area (Å²) in [5, 5.41) is 4.75. The van der Waals surface area contributed by atoms with Gasteiger partial charge in [0.15, 0.2) is 23.0 Å². The number of imidazole rings is 1. The molecule has 226 valence electrons. The molecule has 4 atom stereocenters. The van der Waals surface area contributed by atoms with Crippen LogP contribution in [0.1, 0.15) is 58.4 Å². The predicted octanol–water partition coefficient (Wildman–Crippen LogP) is 4.78. The molecular weight excluding hydrogens is 561 g/mol. The first-order chi connectivity index (χ1) is 20.2. The van der Waals surface area contributed by atoms with Gasteiger partial charge in [-0.3, -0.25) is 14.3 Å². The van der Waals surface area contributed by atoms with Crippen LogP contribution in [0.3, 0.4) is 0 Å². The summed E-state index contributed by atoms with van der Waals surface area (Å²) < 4.78 is 24.9. The maximum Gasteiger partial charge on any atom is 0.529 e. The van der Waals surface area contributed by atoms with Crippen LogP contribution < -0.4 is 16.1 Å². The maximum atomic E-state index is 12.9. The van der Waals surface area contributed by atoms with Gasteiger partial charge in [-0.15, -0.1) is 0 Å². The van der Waals surface area contributed by atoms with Gasteiger partial charge in [0.25, 0.3) is 0 Å². The fourth-order valence-corrected chi connectivity index (χ4v) is 5.59. The van der Waals surface area contributed by atoms with Crippen LogP contribution in [0.25, 0.3) is 11.2 Å². The number of nitrogens with one attached hydrogen (secondary N) is 1. The number of anilines is 3. The second-order valence-electron chi connectivity index (χ2n) is 10.7. The lowest BCUT2D eigenvalue weighted by Gasteiger charge is -2.29. The molecule has 1 aromatic carbocycles. The number of unbranched alkanes of at least 4 members (excludes halogenated alkanes) is 2. The number of aromatic nitrogens is 4. The number of hydrogen-bond donors (Lipinski definition) is 3. The molecule has 0 radical (unpaired) electrons. The Morgan fingerprint density at radius 2 is 2.02 bits per heavy atom. The molecule has 42 heavy (non-hydrogen) atoms. The van der Waals surface area contributed by atoms with Crippen molar-refractivity contribution >= 4 is 42.4 Å². The highest BCUT2D eigenvalue weighted by Crippen LogP contribution is 2.45. The Bertz CT molecular complexity index is 1450. The molecule has 0 saturated heterocycles. The Morgan fingerprint density at radius 1 is 1.24 bits per heavy atom. The predicted molar refractivity (Wildman–Crippen MR) is 158 cm³/mol. The molecule has 4 N–H and O–H groups in total. The first-order valence-corrected chi connectivity index (χ1v) is 15.9. The third-order valence-corrected chi connectivity index (χ3v) is 8.09. The van der Waals surface area contributed by atoms with E-state index in [1.165, 1.54) is 5.06 Å². The van der Waals surface area contributed by atoms with Crippen molar-refractivity contribution in [3.8, 4) is 0 Å². The largest absolute Gasteiger partial charge is 0.529 e. The highest BCUT2D eigenvalue weighted by Gasteiger charge is 2.34. The molecule has 13 nitrogen and oxygen atoms in total. The van der Waals surface area contributed by atoms with Crippen LogP contribution in [-0.2, 0) is 23.2 Å². The standard InChI is InChI=1S/C28H38N7O6P/c1-3-4-8-15-39-35(22-9-6-5-7-10-22)19(2)27(36)41-42(37,38)40-17-20-11-14-23(16-20)34-18-30-24-25(31-21-12-13-21)32-28(29)33-26(24)34/h5-7,9-11,14,18-21,23H,3-4,8,12-13,15-17H2,1-2H3,(H,37,38)(H3,29,31,32,33)/t19-,20+,23-/m0/s1. The molecule has 0 spiro atoms. The molecule has 1 saturated carbocycles. The third kappa shape index (κ3) is 7.46. The lowest BCUT2D eigenvalue weighted by molar-refractivity contribution is -0.139. The van der Waals surface area contributed by atoms with Crippen molar-refractivity contribution < 1.29 is 28.1 Å². The molecule has 0 aliphatic heterocycles. The topological polar surface area (TPSA) is 167 Å². The first kappa shape index (κ1) is 30.0. The maximum absolute atomic E-state index is 12.9. The Hall–Kier alpha value is -3.51. The number of hydrogen-bond acceptors (Lipinski definition) is 11. The Morgan fingerprint density at radius 3 is 2.76 bits per heavy atom. The van der Waals surface area contributed by atoms with Crippen molar-refractivity contribution in [1.82, 2.24) is 19.5 Å². The summed E-state index contributed by atoms with van der Waals surface area (Å²) >= 11 is 0. The summed E-state index contributed by atoms with van der Waals surface area (Å²) in [5.74, 6) is -0.355. The van der Waals surface area contributed by atoms with E-state index in [1.807, 2.05) is 34.9 Å². The smallest absolute Gasteiger partial charge is 0.369 e. The van der Waals surface area contributed by atoms with Gasteiger partial charge >= 0.3 is 13.8 Å². The quantitative estimate of drug-likeness (QED) is 0.0948. The summed E-state index contributed by atoms with van der Waals surface area (Å²) in [7, 11) is -4.69. The number of para-hydroxylation sites is 1. The van der Waals surface area contributed by atoms with Crippen LogP contribution in [0.5, 0.6) is 0 Å². The fourth-order valence-electron chi connectivity index (χ4n) is 4.78. The van der Waals surface area contributed by atoms with Crippen molar-refractivity contribution in [2.24, 2.45) is 5.92 Å². The van der Waals surface area contributed by atoms with E-state index in [1.54, 1.807) is 25.4 Å². The lowest BCUT2D eigenvalue weighted by atomic mass is 10.1. The number of fused-ring (bicyclic) bond motifs is 1. The van der Waals surface area contributed by atoms with Crippen LogP contribution in [0, 0.1) is 5.92 Å². The molecule has 0 bridgehead atoms. The zero-order valence-corrected chi connectivity index (χ0v) is 24.7. The minimum atomic E-state index is -4.69. The van der Waals surface area contributed by atoms with Crippen LogP contribution in [0.15, 0.2) is 48.8 Å². The third-order valence-electron chi connectivity index (χ3n) is 7.20. The van der Waals surface area contributed by atoms with Gasteiger partial charge in [0, 0.05) is 12.0 Å². The Kier molecular flexibility index (Phi) is 9.42. The summed E-state index contributed by atoms with van der Waals surface area (Å²) in [6, 6.07) is 8.33. The average molecular weight is 600 g/mol. The fraction of sp³-hybridized carbons (Fsp3) is 0.500. The van der Waals surface area contributed by atoms with E-state index in [4.69, 9.17) is 19.6 Å². The molecule has 2 heterocycles. The van der Waals surface area contributed by atoms with E-state index in [-0.39, 0.29) is 24.5 Å². The molecule has 3 aromatic rings. The molecule has 14 heteroatoms. The SMILES string of the molecule is CCCCCON(c1ccccc1)[C@@H](C)C(=O)OP(=O)(O)OC[C@@H]1C=C[C@H](n2cnc3c(NC4CC4)nc(N)nc32)C1. The van der Waals surface area contributed by atoms with Gasteiger partial charge < -0.3 is 20.1 Å². The van der Waals surface area contributed by atoms with Gasteiger partial charge in [-0.2, -0.15) is 9.97 Å². The van der Waals surface area contributed by atoms with Crippen molar-refractivity contribution in [3.05, 3.63) is 48.8 Å². The van der Waals surface area contributed by atoms with Crippen LogP contribution in [0.2, 0.25) is 0 Å². The van der Waals surface area contributed by atoms with E-state index in [2.05, 4.69) is 27.2 Å². The summed E-state index contributed by atoms with van der Waals surface area (Å²) in [6.07, 6.45) is 11.1. The van der Waals surface area contributed by atoms with Gasteiger partial charge in [-0.1, -0.05) is 50.1 Å². The minimum absolute atomic E-state index is 0.114. The van der Waals surface area contributed by atoms with Gasteiger partial charge in [-0.05, 0) is 44.7 Å². The number of allylic oxidation sites excluding steroid dienone is 1. The molecule has 1 unspecified atom stereocenters. The number of phosphoric ester groups is 1. The first-order valence-electron chi connectivity index (χ1n) is 14.4. The normalized spacial score (nSPS) is 20.4. The molecular formula is C28H38N7O6P. The van der Waals surface area contributed by atoms with Crippen LogP contribution >= 0.6 is 7.82 Å². The number of phosphoric acid groups is 1. The summed E-state index contributed by atoms with van der Waals surface area (Å²) in [4.78, 5) is 42.4. The van der Waals surface area contributed by atoms with Gasteiger partial charge in [-0.25, -0.2) is 19.4 Å². The monoisotopic (exact) mass is 599 g/mol. The zero-order valence-electron chi connectivity index (χ0n) is 23.8. The molecule has 0 amide bonds. The van der Waals surface area contributed by atoms with Gasteiger partial charge in [0.2, 0.25) is 5.95 Å². The number of carbonyl (C=O) groups excluding carboxylic acids is 1. The average Bonchev–Trinajstić information content (AvgIpc) is 3.48. The number of hydroxylamine groups is 1. The second-order valence-corrected chi connectivity index (χ2v) is 12.1. The van der Waals surface area contributed by atoms with Crippen molar-refractivity contribution in [1.29, 1.82) is 0 Å². The number of benzene rings is 1. The van der Waals surface area contributed by atoms with E-state index >= 15 is 0 Å². The van der Waals surface area contributed by atoms with Crippen molar-refractivity contribution in [2.75, 3.05) is 29.3 Å². The van der Waals surface area contributed by atoms with E-state index in [9.17, 15) is 14.3 Å². The lowest BCUT2D eigenvalue weighted by Crippen LogP contribution is -2.40. The number of nitrogen functional groups attached to an aromatic ring is 1. The number of rotatable bonds is 15. The number of nitrogens with zero attached hydrogens (tertiary/aromatic N) is 5. The van der Waals surface area contributed by atoms with E-state index in [0.717, 1.165) is 32.1 Å². The number of carbonyl (C=O) groups is 1. The van der Waals surface area contributed by atoms with Crippen molar-refractivity contribution in [2.45, 2.75) is 70.5 Å². The summed E-state index contributed by atoms with van der Waals surface area (Å²) in [6.45, 7) is 3.92. The molecule has 2 aromatic heterocycles. The number of nitrogens with two attached hydrogens (primary N) is 1. The zero-order chi connectivity index (χ0) is 29.7. The minimum Gasteiger partial charge on any atom is -0.369 e. The highest BCUT2D eigenvalue weighted by atomic mass is 31.2. The van der Waals surface area contributed by atoms with E-state index < -0.39 is 19.8 Å². The molecule has 1 fully saturated rings. The van der Waals surface area contributed by atoms with E-state index in [0.29, 0.717) is 41.7 Å².